The minimum atomic E-state index is 0. The van der Waals surface area contributed by atoms with E-state index in [1.165, 1.54) is 0 Å². The molecule has 0 atom stereocenters. The molecule has 0 rings (SSSR count). The van der Waals surface area contributed by atoms with Crippen LogP contribution >= 0.6 is 0 Å². The zero-order chi connectivity index (χ0) is 0. The van der Waals surface area contributed by atoms with E-state index in [1.54, 1.807) is 0 Å². The number of hydrogen-bond donors (Lipinski definition) is 0. The Kier molecular flexibility index (Phi) is 42200. The zero-order valence-electron chi connectivity index (χ0n) is 4.36. The van der Waals surface area contributed by atoms with Crippen LogP contribution in [0.25, 0.3) is 0 Å². The summed E-state index contributed by atoms with van der Waals surface area (Å²) in [5.41, 5.74) is 0. The van der Waals surface area contributed by atoms with E-state index >= 15 is 0 Å². The van der Waals surface area contributed by atoms with E-state index in [2.05, 4.69) is 0 Å². The first-order chi connectivity index (χ1) is 0. The predicted molar refractivity (Wildman–Crippen MR) is 19.3 cm³/mol. The van der Waals surface area contributed by atoms with E-state index in [0.29, 0.717) is 0 Å². The van der Waals surface area contributed by atoms with Crippen molar-refractivity contribution < 1.29 is 71.6 Å². The summed E-state index contributed by atoms with van der Waals surface area (Å²) in [6, 6.07) is 0. The molecule has 0 aromatic carbocycles. The maximum atomic E-state index is 0. The van der Waals surface area contributed by atoms with Gasteiger partial charge in [0.05, 0.1) is 0 Å². The molecular formula is H7AlCoNiO7. The van der Waals surface area contributed by atoms with Crippen molar-refractivity contribution in [2.24, 2.45) is 0 Å². The minimum Gasteiger partial charge on any atom is -0.870 e. The van der Waals surface area contributed by atoms with Crippen LogP contribution in [0.4, 0.5) is 0 Å². The molecule has 7 nitrogen and oxygen atoms in total. The topological polar surface area (TPSA) is 210 Å². The maximum absolute atomic E-state index is 0. The van der Waals surface area contributed by atoms with Gasteiger partial charge >= 0.3 is 50.6 Å². The second-order valence-electron chi connectivity index (χ2n) is 0. The van der Waals surface area contributed by atoms with Gasteiger partial charge in [0.25, 0.3) is 0 Å². The van der Waals surface area contributed by atoms with Crippen molar-refractivity contribution in [3.05, 3.63) is 0 Å². The molecule has 0 amide bonds. The molecule has 0 saturated carbocycles. The summed E-state index contributed by atoms with van der Waals surface area (Å²) < 4.78 is 0. The molecule has 0 fully saturated rings. The van der Waals surface area contributed by atoms with Gasteiger partial charge in [0.15, 0.2) is 0 Å². The summed E-state index contributed by atoms with van der Waals surface area (Å²) in [5.74, 6) is 0. The summed E-state index contributed by atoms with van der Waals surface area (Å²) in [4.78, 5) is 0. The first-order valence-electron chi connectivity index (χ1n) is 0. The van der Waals surface area contributed by atoms with Crippen LogP contribution < -0.4 is 0 Å². The smallest absolute Gasteiger partial charge is 0.870 e. The van der Waals surface area contributed by atoms with Gasteiger partial charge in [-0.15, -0.1) is 0 Å². The van der Waals surface area contributed by atoms with Gasteiger partial charge in [-0.1, -0.05) is 0 Å². The van der Waals surface area contributed by atoms with Crippen molar-refractivity contribution in [2.45, 2.75) is 0 Å². The van der Waals surface area contributed by atoms with Crippen LogP contribution in [0.2, 0.25) is 0 Å². The molecule has 0 bridgehead atoms. The monoisotopic (exact) mass is 263 g/mol. The summed E-state index contributed by atoms with van der Waals surface area (Å²) in [7, 11) is 0. The number of rotatable bonds is 0. The third-order valence-electron chi connectivity index (χ3n) is 0. The fourth-order valence-corrected chi connectivity index (χ4v) is 0. The Morgan fingerprint density at radius 3 is 0.400 bits per heavy atom. The molecule has 0 spiro atoms. The minimum absolute atomic E-state index is 0. The summed E-state index contributed by atoms with van der Waals surface area (Å²) in [6.07, 6.45) is 0. The molecule has 0 aliphatic carbocycles. The van der Waals surface area contributed by atoms with Crippen molar-refractivity contribution in [2.75, 3.05) is 0 Å². The average molecular weight is 264 g/mol. The molecule has 1 radical (unpaired) electrons. The summed E-state index contributed by atoms with van der Waals surface area (Å²) in [6.45, 7) is 0. The van der Waals surface area contributed by atoms with Gasteiger partial charge in [-0.2, -0.15) is 0 Å². The SMILES string of the molecule is [Al+3].[Co+2].[Ni+2].[OH-].[OH-].[OH-].[OH-].[OH-].[OH-].[OH-]. The van der Waals surface area contributed by atoms with Gasteiger partial charge in [-0.25, -0.2) is 0 Å². The van der Waals surface area contributed by atoms with Crippen LogP contribution in [0.5, 0.6) is 0 Å². The maximum Gasteiger partial charge on any atom is 3.00 e. The molecule has 0 saturated heterocycles. The van der Waals surface area contributed by atoms with Crippen molar-refractivity contribution in [3.63, 3.8) is 0 Å². The Morgan fingerprint density at radius 1 is 0.400 bits per heavy atom. The van der Waals surface area contributed by atoms with Gasteiger partial charge < -0.3 is 38.3 Å². The van der Waals surface area contributed by atoms with Crippen LogP contribution in [0, 0.1) is 0 Å². The Bertz CT molecular complexity index is 13.6. The van der Waals surface area contributed by atoms with Gasteiger partial charge in [0, 0.05) is 0 Å². The molecule has 0 aliphatic rings. The Labute approximate surface area is 89.0 Å². The third-order valence-corrected chi connectivity index (χ3v) is 0. The van der Waals surface area contributed by atoms with Crippen LogP contribution in [0.1, 0.15) is 0 Å². The summed E-state index contributed by atoms with van der Waals surface area (Å²) in [5, 5.41) is 0. The molecule has 0 heterocycles. The van der Waals surface area contributed by atoms with Crippen molar-refractivity contribution in [1.29, 1.82) is 0 Å². The van der Waals surface area contributed by atoms with Crippen LogP contribution in [0.15, 0.2) is 0 Å². The fourth-order valence-electron chi connectivity index (χ4n) is 0. The number of hydrogen-bond acceptors (Lipinski definition) is 7. The van der Waals surface area contributed by atoms with Gasteiger partial charge in [-0.3, -0.25) is 0 Å². The third kappa shape index (κ3) is 402. The molecular weight excluding hydrogens is 257 g/mol. The largest absolute Gasteiger partial charge is 3.00 e. The zero-order valence-corrected chi connectivity index (χ0v) is 7.54. The van der Waals surface area contributed by atoms with E-state index in [-0.39, 0.29) is 89.0 Å². The molecule has 7 N–H and O–H groups in total. The van der Waals surface area contributed by atoms with Gasteiger partial charge in [0.1, 0.15) is 0 Å². The second kappa shape index (κ2) is 560. The fraction of sp³-hybridized carbons (Fsp3) is 0. The quantitative estimate of drug-likeness (QED) is 0.465. The van der Waals surface area contributed by atoms with Gasteiger partial charge in [-0.05, 0) is 0 Å². The first-order valence-corrected chi connectivity index (χ1v) is 0. The molecule has 10 heteroatoms. The van der Waals surface area contributed by atoms with Crippen molar-refractivity contribution >= 4 is 17.4 Å². The van der Waals surface area contributed by atoms with E-state index in [9.17, 15) is 0 Å². The predicted octanol–water partition coefficient (Wildman–Crippen LogP) is -1.62. The van der Waals surface area contributed by atoms with Crippen molar-refractivity contribution in [3.8, 4) is 0 Å². The Balaban J connectivity index is 0. The summed E-state index contributed by atoms with van der Waals surface area (Å²) >= 11 is 0. The molecule has 0 aromatic rings. The molecule has 0 unspecified atom stereocenters. The molecule has 0 aromatic heterocycles. The van der Waals surface area contributed by atoms with E-state index < -0.39 is 0 Å². The first kappa shape index (κ1) is 754. The van der Waals surface area contributed by atoms with E-state index in [4.69, 9.17) is 0 Å². The van der Waals surface area contributed by atoms with Crippen LogP contribution in [0.3, 0.4) is 0 Å². The second-order valence-corrected chi connectivity index (χ2v) is 0. The molecule has 0 aliphatic heterocycles. The Hall–Kier alpha value is 1.25. The molecule has 71 valence electrons. The van der Waals surface area contributed by atoms with Gasteiger partial charge in [0.2, 0.25) is 0 Å². The molecule has 10 heavy (non-hydrogen) atoms. The average Bonchev–Trinajstić information content (AvgIpc) is 0. The Morgan fingerprint density at radius 2 is 0.400 bits per heavy atom. The van der Waals surface area contributed by atoms with E-state index in [1.807, 2.05) is 0 Å². The standard InChI is InChI=1S/Al.Co.Ni.7H2O/h;;;7*1H2/q+3;2*+2;;;;;;;/p-7. The van der Waals surface area contributed by atoms with E-state index in [0.717, 1.165) is 0 Å². The normalized spacial score (nSPS) is 0. The van der Waals surface area contributed by atoms with Crippen molar-refractivity contribution in [1.82, 2.24) is 0 Å². The van der Waals surface area contributed by atoms with Crippen LogP contribution in [-0.2, 0) is 33.3 Å². The van der Waals surface area contributed by atoms with Crippen LogP contribution in [-0.4, -0.2) is 55.7 Å².